The summed E-state index contributed by atoms with van der Waals surface area (Å²) in [6.07, 6.45) is 13.5. The molecule has 29 heavy (non-hydrogen) atoms. The van der Waals surface area contributed by atoms with Crippen LogP contribution < -0.4 is 0 Å². The summed E-state index contributed by atoms with van der Waals surface area (Å²) in [5.74, 6) is 0.801. The summed E-state index contributed by atoms with van der Waals surface area (Å²) >= 11 is 0. The van der Waals surface area contributed by atoms with E-state index in [1.807, 2.05) is 0 Å². The average Bonchev–Trinajstić information content (AvgIpc) is 2.65. The molecule has 0 fully saturated rings. The van der Waals surface area contributed by atoms with Crippen molar-refractivity contribution in [3.8, 4) is 0 Å². The largest absolute Gasteiger partial charge is 0.478 e. The van der Waals surface area contributed by atoms with Crippen LogP contribution in [0, 0.1) is 29.1 Å². The number of fused-ring (bicyclic) bond motifs is 1. The number of ether oxygens (including phenoxy) is 1. The Bertz CT molecular complexity index is 631. The second-order valence-corrected chi connectivity index (χ2v) is 9.86. The van der Waals surface area contributed by atoms with Gasteiger partial charge < -0.3 is 14.9 Å². The molecule has 1 unspecified atom stereocenters. The van der Waals surface area contributed by atoms with Crippen LogP contribution in [0.15, 0.2) is 36.0 Å². The van der Waals surface area contributed by atoms with E-state index in [0.29, 0.717) is 36.5 Å². The van der Waals surface area contributed by atoms with Crippen LogP contribution in [-0.4, -0.2) is 35.0 Å². The number of aliphatic hydroxyl groups is 1. The molecule has 6 atom stereocenters. The lowest BCUT2D eigenvalue weighted by Crippen LogP contribution is -2.41. The fraction of sp³-hybridized carbons (Fsp3) is 0.720. The maximum Gasteiger partial charge on any atom is 0.327 e. The van der Waals surface area contributed by atoms with Crippen molar-refractivity contribution in [3.05, 3.63) is 36.0 Å². The highest BCUT2D eigenvalue weighted by molar-refractivity contribution is 5.79. The minimum absolute atomic E-state index is 0.183. The highest BCUT2D eigenvalue weighted by Gasteiger charge is 2.40. The third kappa shape index (κ3) is 7.11. The van der Waals surface area contributed by atoms with Crippen molar-refractivity contribution >= 4 is 5.97 Å². The lowest BCUT2D eigenvalue weighted by Gasteiger charge is -2.44. The third-order valence-corrected chi connectivity index (χ3v) is 6.74. The van der Waals surface area contributed by atoms with E-state index in [1.54, 1.807) is 6.08 Å². The maximum atomic E-state index is 10.6. The zero-order chi connectivity index (χ0) is 21.6. The SMILES string of the molecule is CCC(C)(C)CO[C@H]1C[C@@H](C)C=C2C=C[C@H](C)[C@H](CC[C@@H](O)C/C=C\C(=O)O)C21. The highest BCUT2D eigenvalue weighted by atomic mass is 16.5. The molecule has 0 aromatic carbocycles. The van der Waals surface area contributed by atoms with Gasteiger partial charge in [0.05, 0.1) is 18.8 Å². The van der Waals surface area contributed by atoms with Crippen LogP contribution in [0.3, 0.4) is 0 Å². The number of allylic oxidation sites excluding steroid dienone is 3. The summed E-state index contributed by atoms with van der Waals surface area (Å²) in [5.41, 5.74) is 1.58. The van der Waals surface area contributed by atoms with E-state index < -0.39 is 12.1 Å². The molecule has 0 aromatic rings. The molecule has 2 aliphatic rings. The molecule has 0 radical (unpaired) electrons. The number of aliphatic carboxylic acids is 1. The number of carbonyl (C=O) groups is 1. The van der Waals surface area contributed by atoms with Crippen molar-refractivity contribution in [1.82, 2.24) is 0 Å². The Balaban J connectivity index is 2.08. The lowest BCUT2D eigenvalue weighted by atomic mass is 9.65. The molecule has 0 heterocycles. The highest BCUT2D eigenvalue weighted by Crippen LogP contribution is 2.45. The van der Waals surface area contributed by atoms with Gasteiger partial charge in [-0.05, 0) is 60.8 Å². The van der Waals surface area contributed by atoms with Gasteiger partial charge >= 0.3 is 5.97 Å². The molecule has 164 valence electrons. The third-order valence-electron chi connectivity index (χ3n) is 6.74. The smallest absolute Gasteiger partial charge is 0.327 e. The van der Waals surface area contributed by atoms with Gasteiger partial charge in [-0.2, -0.15) is 0 Å². The zero-order valence-electron chi connectivity index (χ0n) is 18.8. The topological polar surface area (TPSA) is 66.8 Å². The van der Waals surface area contributed by atoms with E-state index in [2.05, 4.69) is 52.8 Å². The molecular formula is C25H40O4. The van der Waals surface area contributed by atoms with Crippen LogP contribution in [0.25, 0.3) is 0 Å². The Morgan fingerprint density at radius 2 is 2.10 bits per heavy atom. The molecule has 0 saturated carbocycles. The first-order valence-electron chi connectivity index (χ1n) is 11.2. The Morgan fingerprint density at radius 3 is 2.76 bits per heavy atom. The van der Waals surface area contributed by atoms with Crippen LogP contribution >= 0.6 is 0 Å². The Morgan fingerprint density at radius 1 is 1.38 bits per heavy atom. The number of rotatable bonds is 10. The van der Waals surface area contributed by atoms with Gasteiger partial charge in [-0.15, -0.1) is 0 Å². The van der Waals surface area contributed by atoms with Gasteiger partial charge in [-0.3, -0.25) is 0 Å². The zero-order valence-corrected chi connectivity index (χ0v) is 18.8. The molecule has 0 aliphatic heterocycles. The van der Waals surface area contributed by atoms with Crippen molar-refractivity contribution in [2.75, 3.05) is 6.61 Å². The second-order valence-electron chi connectivity index (χ2n) is 9.86. The minimum Gasteiger partial charge on any atom is -0.478 e. The normalized spacial score (nSPS) is 30.8. The first-order chi connectivity index (χ1) is 13.6. The van der Waals surface area contributed by atoms with Gasteiger partial charge in [0.1, 0.15) is 0 Å². The number of carboxylic acid groups (broad SMARTS) is 1. The van der Waals surface area contributed by atoms with E-state index >= 15 is 0 Å². The van der Waals surface area contributed by atoms with E-state index in [9.17, 15) is 9.90 Å². The fourth-order valence-corrected chi connectivity index (χ4v) is 4.54. The summed E-state index contributed by atoms with van der Waals surface area (Å²) in [5, 5.41) is 19.0. The van der Waals surface area contributed by atoms with Crippen molar-refractivity contribution in [2.24, 2.45) is 29.1 Å². The predicted molar refractivity (Wildman–Crippen MR) is 118 cm³/mol. The maximum absolute atomic E-state index is 10.6. The molecular weight excluding hydrogens is 364 g/mol. The minimum atomic E-state index is -0.968. The number of aliphatic hydroxyl groups excluding tert-OH is 1. The van der Waals surface area contributed by atoms with E-state index in [1.165, 1.54) is 5.57 Å². The van der Waals surface area contributed by atoms with Crippen molar-refractivity contribution in [2.45, 2.75) is 78.9 Å². The molecule has 0 saturated heterocycles. The van der Waals surface area contributed by atoms with E-state index in [4.69, 9.17) is 9.84 Å². The van der Waals surface area contributed by atoms with Gasteiger partial charge in [0, 0.05) is 12.0 Å². The Kier molecular flexibility index (Phi) is 8.72. The van der Waals surface area contributed by atoms with Crippen LogP contribution in [0.1, 0.15) is 66.7 Å². The van der Waals surface area contributed by atoms with Crippen LogP contribution in [-0.2, 0) is 9.53 Å². The number of hydrogen-bond donors (Lipinski definition) is 2. The number of carboxylic acids is 1. The summed E-state index contributed by atoms with van der Waals surface area (Å²) < 4.78 is 6.54. The molecule has 0 aromatic heterocycles. The van der Waals surface area contributed by atoms with Gasteiger partial charge in [0.2, 0.25) is 0 Å². The number of hydrogen-bond acceptors (Lipinski definition) is 3. The summed E-state index contributed by atoms with van der Waals surface area (Å²) in [4.78, 5) is 10.6. The monoisotopic (exact) mass is 404 g/mol. The summed E-state index contributed by atoms with van der Waals surface area (Å²) in [6, 6.07) is 0. The second kappa shape index (κ2) is 10.6. The summed E-state index contributed by atoms with van der Waals surface area (Å²) in [7, 11) is 0. The Labute approximate surface area is 176 Å². The first-order valence-corrected chi connectivity index (χ1v) is 11.2. The van der Waals surface area contributed by atoms with Crippen molar-refractivity contribution in [3.63, 3.8) is 0 Å². The average molecular weight is 405 g/mol. The standard InChI is InChI=1S/C25H40O4/c1-6-25(4,5)16-29-22-15-17(2)14-19-11-10-18(3)21(24(19)22)13-12-20(26)8-7-9-23(27)28/h7,9-11,14,17-18,20-22,24,26H,6,8,12-13,15-16H2,1-5H3,(H,27,28)/b9-7-/t17-,18-,20-,21-,22-,24?/m0/s1. The molecule has 2 aliphatic carbocycles. The molecule has 2 rings (SSSR count). The van der Waals surface area contributed by atoms with Crippen LogP contribution in [0.5, 0.6) is 0 Å². The van der Waals surface area contributed by atoms with Crippen LogP contribution in [0.2, 0.25) is 0 Å². The van der Waals surface area contributed by atoms with Crippen molar-refractivity contribution < 1.29 is 19.7 Å². The van der Waals surface area contributed by atoms with Gasteiger partial charge in [-0.1, -0.05) is 58.9 Å². The van der Waals surface area contributed by atoms with Gasteiger partial charge in [0.15, 0.2) is 0 Å². The van der Waals surface area contributed by atoms with Gasteiger partial charge in [0.25, 0.3) is 0 Å². The van der Waals surface area contributed by atoms with E-state index in [0.717, 1.165) is 31.9 Å². The quantitative estimate of drug-likeness (QED) is 0.479. The van der Waals surface area contributed by atoms with Crippen molar-refractivity contribution in [1.29, 1.82) is 0 Å². The van der Waals surface area contributed by atoms with E-state index in [-0.39, 0.29) is 11.5 Å². The molecule has 4 nitrogen and oxygen atoms in total. The fourth-order valence-electron chi connectivity index (χ4n) is 4.54. The molecule has 0 spiro atoms. The Hall–Kier alpha value is -1.39. The molecule has 0 amide bonds. The summed E-state index contributed by atoms with van der Waals surface area (Å²) in [6.45, 7) is 12.0. The molecule has 0 bridgehead atoms. The van der Waals surface area contributed by atoms with Crippen LogP contribution in [0.4, 0.5) is 0 Å². The predicted octanol–water partition coefficient (Wildman–Crippen LogP) is 5.38. The molecule has 4 heteroatoms. The first kappa shape index (κ1) is 23.9. The molecule has 2 N–H and O–H groups in total. The van der Waals surface area contributed by atoms with Gasteiger partial charge in [-0.25, -0.2) is 4.79 Å². The lowest BCUT2D eigenvalue weighted by molar-refractivity contribution is -0.131.